The number of ether oxygens (including phenoxy) is 2. The highest BCUT2D eigenvalue weighted by Crippen LogP contribution is 2.32. The van der Waals surface area contributed by atoms with Crippen LogP contribution in [-0.2, 0) is 22.7 Å². The zero-order valence-electron chi connectivity index (χ0n) is 24.7. The summed E-state index contributed by atoms with van der Waals surface area (Å²) in [6.07, 6.45) is 0. The van der Waals surface area contributed by atoms with E-state index in [0.29, 0.717) is 33.3 Å². The van der Waals surface area contributed by atoms with Crippen molar-refractivity contribution in [2.75, 3.05) is 19.5 Å². The van der Waals surface area contributed by atoms with Crippen LogP contribution >= 0.6 is 11.3 Å². The molecule has 0 fully saturated rings. The van der Waals surface area contributed by atoms with Crippen molar-refractivity contribution in [3.8, 4) is 22.8 Å². The van der Waals surface area contributed by atoms with Gasteiger partial charge in [0.1, 0.15) is 34.6 Å². The molecule has 0 aliphatic heterocycles. The fourth-order valence-corrected chi connectivity index (χ4v) is 5.86. The zero-order valence-corrected chi connectivity index (χ0v) is 25.5. The molecule has 226 valence electrons. The molecule has 45 heavy (non-hydrogen) atoms. The monoisotopic (exact) mass is 618 g/mol. The second-order valence-electron chi connectivity index (χ2n) is 10.1. The van der Waals surface area contributed by atoms with Gasteiger partial charge in [0, 0.05) is 17.0 Å². The number of carbonyl (C=O) groups is 2. The molecule has 0 radical (unpaired) electrons. The molecule has 0 saturated heterocycles. The van der Waals surface area contributed by atoms with Gasteiger partial charge in [0.05, 0.1) is 37.7 Å². The molecular formula is C34H30N6O4S. The van der Waals surface area contributed by atoms with E-state index in [1.807, 2.05) is 90.3 Å². The third-order valence-corrected chi connectivity index (χ3v) is 8.13. The third-order valence-electron chi connectivity index (χ3n) is 7.29. The maximum absolute atomic E-state index is 14.3. The quantitative estimate of drug-likeness (QED) is 0.190. The Hall–Kier alpha value is -5.55. The molecule has 4 aromatic carbocycles. The van der Waals surface area contributed by atoms with Crippen molar-refractivity contribution in [1.82, 2.24) is 24.9 Å². The first kappa shape index (κ1) is 29.5. The van der Waals surface area contributed by atoms with Crippen LogP contribution in [0.2, 0.25) is 0 Å². The van der Waals surface area contributed by atoms with Crippen molar-refractivity contribution < 1.29 is 19.1 Å². The average molecular weight is 619 g/mol. The number of nitrogens with one attached hydrogen (secondary N) is 1. The smallest absolute Gasteiger partial charge is 0.251 e. The summed E-state index contributed by atoms with van der Waals surface area (Å²) in [6, 6.07) is 30.6. The van der Waals surface area contributed by atoms with E-state index in [4.69, 9.17) is 14.5 Å². The van der Waals surface area contributed by atoms with Gasteiger partial charge in [0.2, 0.25) is 5.91 Å². The molecule has 1 N–H and O–H groups in total. The largest absolute Gasteiger partial charge is 0.497 e. The zero-order chi connectivity index (χ0) is 31.2. The number of benzene rings is 4. The van der Waals surface area contributed by atoms with Gasteiger partial charge < -0.3 is 19.7 Å². The maximum Gasteiger partial charge on any atom is 0.251 e. The van der Waals surface area contributed by atoms with Crippen LogP contribution in [0.25, 0.3) is 22.3 Å². The van der Waals surface area contributed by atoms with Gasteiger partial charge in [-0.15, -0.1) is 16.4 Å². The Morgan fingerprint density at radius 2 is 1.64 bits per heavy atom. The number of methoxy groups -OCH3 is 2. The first-order valence-electron chi connectivity index (χ1n) is 14.2. The minimum atomic E-state index is -1.01. The standard InChI is InChI=1S/C34H30N6O4S/c1-43-25-17-18-27(30(19-25)44-2)36-34(42)33(24-13-7-4-8-14-24)39(20-31-35-28(22-45-31)23-11-5-3-6-12-23)32(41)21-40-29-16-10-9-15-26(29)37-38-40/h3-19,22,33H,20-21H2,1-2H3,(H,36,42). The topological polar surface area (TPSA) is 111 Å². The summed E-state index contributed by atoms with van der Waals surface area (Å²) in [5, 5.41) is 14.1. The van der Waals surface area contributed by atoms with Gasteiger partial charge >= 0.3 is 0 Å². The molecule has 2 amide bonds. The first-order valence-corrected chi connectivity index (χ1v) is 15.1. The third kappa shape index (κ3) is 6.53. The van der Waals surface area contributed by atoms with Crippen LogP contribution in [0.1, 0.15) is 16.6 Å². The molecule has 0 aliphatic rings. The molecule has 6 aromatic rings. The molecule has 10 nitrogen and oxygen atoms in total. The predicted octanol–water partition coefficient (Wildman–Crippen LogP) is 5.98. The lowest BCUT2D eigenvalue weighted by atomic mass is 10.0. The number of rotatable bonds is 11. The van der Waals surface area contributed by atoms with Crippen molar-refractivity contribution in [2.24, 2.45) is 0 Å². The summed E-state index contributed by atoms with van der Waals surface area (Å²) >= 11 is 1.43. The normalized spacial score (nSPS) is 11.6. The van der Waals surface area contributed by atoms with Gasteiger partial charge in [-0.2, -0.15) is 0 Å². The number of thiazole rings is 1. The van der Waals surface area contributed by atoms with Crippen LogP contribution in [0.3, 0.4) is 0 Å². The number of amides is 2. The van der Waals surface area contributed by atoms with Crippen LogP contribution < -0.4 is 14.8 Å². The number of para-hydroxylation sites is 1. The van der Waals surface area contributed by atoms with Gasteiger partial charge in [-0.25, -0.2) is 9.67 Å². The Balaban J connectivity index is 1.39. The Bertz CT molecular complexity index is 1930. The lowest BCUT2D eigenvalue weighted by Crippen LogP contribution is -2.42. The summed E-state index contributed by atoms with van der Waals surface area (Å²) in [6.45, 7) is -0.0321. The Kier molecular flexibility index (Phi) is 8.79. The van der Waals surface area contributed by atoms with E-state index in [0.717, 1.165) is 16.8 Å². The van der Waals surface area contributed by atoms with Crippen LogP contribution in [0.5, 0.6) is 11.5 Å². The van der Waals surface area contributed by atoms with E-state index < -0.39 is 11.9 Å². The molecule has 0 spiro atoms. The van der Waals surface area contributed by atoms with E-state index in [-0.39, 0.29) is 19.0 Å². The van der Waals surface area contributed by atoms with Crippen molar-refractivity contribution in [3.05, 3.63) is 119 Å². The highest BCUT2D eigenvalue weighted by atomic mass is 32.1. The van der Waals surface area contributed by atoms with Crippen LogP contribution in [0.15, 0.2) is 109 Å². The number of fused-ring (bicyclic) bond motifs is 1. The van der Waals surface area contributed by atoms with Crippen molar-refractivity contribution in [1.29, 1.82) is 0 Å². The molecule has 0 aliphatic carbocycles. The van der Waals surface area contributed by atoms with Gasteiger partial charge in [-0.05, 0) is 29.8 Å². The summed E-state index contributed by atoms with van der Waals surface area (Å²) < 4.78 is 12.4. The van der Waals surface area contributed by atoms with Crippen LogP contribution in [-0.4, -0.2) is 50.9 Å². The molecule has 2 heterocycles. The molecule has 1 unspecified atom stereocenters. The van der Waals surface area contributed by atoms with Gasteiger partial charge in [-0.3, -0.25) is 9.59 Å². The fourth-order valence-electron chi connectivity index (χ4n) is 5.06. The lowest BCUT2D eigenvalue weighted by Gasteiger charge is -2.31. The summed E-state index contributed by atoms with van der Waals surface area (Å²) in [4.78, 5) is 35.0. The minimum absolute atomic E-state index is 0.0929. The lowest BCUT2D eigenvalue weighted by molar-refractivity contribution is -0.140. The number of nitrogens with zero attached hydrogens (tertiary/aromatic N) is 5. The van der Waals surface area contributed by atoms with Crippen molar-refractivity contribution >= 4 is 39.9 Å². The SMILES string of the molecule is COc1ccc(NC(=O)C(c2ccccc2)N(Cc2nc(-c3ccccc3)cs2)C(=O)Cn2nnc3ccccc32)c(OC)c1. The second-order valence-corrected chi connectivity index (χ2v) is 11.1. The van der Waals surface area contributed by atoms with E-state index in [2.05, 4.69) is 15.6 Å². The number of aromatic nitrogens is 4. The highest BCUT2D eigenvalue weighted by Gasteiger charge is 2.33. The molecule has 0 saturated carbocycles. The summed E-state index contributed by atoms with van der Waals surface area (Å²) in [7, 11) is 3.08. The minimum Gasteiger partial charge on any atom is -0.497 e. The summed E-state index contributed by atoms with van der Waals surface area (Å²) in [5.41, 5.74) is 4.24. The number of hydrogen-bond acceptors (Lipinski definition) is 8. The Morgan fingerprint density at radius 1 is 0.911 bits per heavy atom. The van der Waals surface area contributed by atoms with E-state index in [1.54, 1.807) is 34.9 Å². The van der Waals surface area contributed by atoms with Crippen molar-refractivity contribution in [2.45, 2.75) is 19.1 Å². The Labute approximate surface area is 263 Å². The van der Waals surface area contributed by atoms with Gasteiger partial charge in [0.15, 0.2) is 0 Å². The van der Waals surface area contributed by atoms with Crippen LogP contribution in [0.4, 0.5) is 5.69 Å². The fraction of sp³-hybridized carbons (Fsp3) is 0.147. The van der Waals surface area contributed by atoms with E-state index in [1.165, 1.54) is 18.4 Å². The molecule has 6 rings (SSSR count). The predicted molar refractivity (Wildman–Crippen MR) is 173 cm³/mol. The molecule has 1 atom stereocenters. The van der Waals surface area contributed by atoms with Crippen LogP contribution in [0, 0.1) is 0 Å². The molecule has 11 heteroatoms. The highest BCUT2D eigenvalue weighted by molar-refractivity contribution is 7.09. The molecule has 0 bridgehead atoms. The molecular weight excluding hydrogens is 588 g/mol. The summed E-state index contributed by atoms with van der Waals surface area (Å²) in [5.74, 6) is 0.266. The Morgan fingerprint density at radius 3 is 2.40 bits per heavy atom. The van der Waals surface area contributed by atoms with Gasteiger partial charge in [-0.1, -0.05) is 78.0 Å². The van der Waals surface area contributed by atoms with Gasteiger partial charge in [0.25, 0.3) is 5.91 Å². The first-order chi connectivity index (χ1) is 22.0. The number of anilines is 1. The average Bonchev–Trinajstić information content (AvgIpc) is 3.73. The number of carbonyl (C=O) groups excluding carboxylic acids is 2. The second kappa shape index (κ2) is 13.4. The maximum atomic E-state index is 14.3. The van der Waals surface area contributed by atoms with E-state index >= 15 is 0 Å². The number of hydrogen-bond donors (Lipinski definition) is 1. The molecule has 2 aromatic heterocycles. The van der Waals surface area contributed by atoms with E-state index in [9.17, 15) is 9.59 Å². The van der Waals surface area contributed by atoms with Crippen molar-refractivity contribution in [3.63, 3.8) is 0 Å².